The molecule has 0 radical (unpaired) electrons. The summed E-state index contributed by atoms with van der Waals surface area (Å²) >= 11 is 2.35. The van der Waals surface area contributed by atoms with Gasteiger partial charge in [-0.2, -0.15) is 0 Å². The Bertz CT molecular complexity index is 465. The lowest BCUT2D eigenvalue weighted by Crippen LogP contribution is -1.92. The molecule has 2 rings (SSSR count). The minimum atomic E-state index is 0.703. The van der Waals surface area contributed by atoms with Crippen molar-refractivity contribution in [2.24, 2.45) is 0 Å². The van der Waals surface area contributed by atoms with Gasteiger partial charge in [-0.25, -0.2) is 0 Å². The molecule has 0 aromatic heterocycles. The Balaban J connectivity index is 2.43. The molecule has 0 unspecified atom stereocenters. The molecule has 0 saturated heterocycles. The van der Waals surface area contributed by atoms with Gasteiger partial charge in [-0.3, -0.25) is 0 Å². The van der Waals surface area contributed by atoms with Crippen molar-refractivity contribution in [3.05, 3.63) is 52.1 Å². The second kappa shape index (κ2) is 5.34. The molecule has 82 valence electrons. The fraction of sp³-hybridized carbons (Fsp3) is 0.143. The summed E-state index contributed by atoms with van der Waals surface area (Å²) in [6, 6.07) is 16.6. The Morgan fingerprint density at radius 2 is 1.81 bits per heavy atom. The lowest BCUT2D eigenvalue weighted by atomic mass is 10.1. The van der Waals surface area contributed by atoms with Gasteiger partial charge >= 0.3 is 0 Å². The molecule has 16 heavy (non-hydrogen) atoms. The Morgan fingerprint density at radius 3 is 2.50 bits per heavy atom. The molecule has 0 fully saturated rings. The van der Waals surface area contributed by atoms with E-state index in [2.05, 4.69) is 59.0 Å². The summed E-state index contributed by atoms with van der Waals surface area (Å²) < 4.78 is 6.76. The molecule has 0 spiro atoms. The highest BCUT2D eigenvalue weighted by Crippen LogP contribution is 2.28. The predicted octanol–water partition coefficient (Wildman–Crippen LogP) is 4.36. The third-order valence-electron chi connectivity index (χ3n) is 2.33. The molecule has 2 aromatic rings. The quantitative estimate of drug-likeness (QED) is 0.763. The van der Waals surface area contributed by atoms with Crippen LogP contribution in [0.3, 0.4) is 0 Å². The van der Waals surface area contributed by atoms with Crippen LogP contribution in [0, 0.1) is 3.57 Å². The van der Waals surface area contributed by atoms with Crippen LogP contribution >= 0.6 is 22.6 Å². The molecular weight excluding hydrogens is 311 g/mol. The second-order valence-corrected chi connectivity index (χ2v) is 4.60. The first-order valence-electron chi connectivity index (χ1n) is 5.29. The topological polar surface area (TPSA) is 9.23 Å². The fourth-order valence-corrected chi connectivity index (χ4v) is 2.25. The summed E-state index contributed by atoms with van der Waals surface area (Å²) in [5.74, 6) is 0.932. The van der Waals surface area contributed by atoms with Crippen LogP contribution in [0.1, 0.15) is 6.92 Å². The second-order valence-electron chi connectivity index (χ2n) is 3.44. The minimum Gasteiger partial charge on any atom is -0.494 e. The van der Waals surface area contributed by atoms with Crippen molar-refractivity contribution in [2.75, 3.05) is 6.61 Å². The van der Waals surface area contributed by atoms with Crippen LogP contribution in [0.5, 0.6) is 5.75 Å². The minimum absolute atomic E-state index is 0.703. The van der Waals surface area contributed by atoms with Gasteiger partial charge in [-0.05, 0) is 58.8 Å². The summed E-state index contributed by atoms with van der Waals surface area (Å²) in [4.78, 5) is 0. The lowest BCUT2D eigenvalue weighted by Gasteiger charge is -2.08. The molecule has 0 heterocycles. The number of hydrogen-bond donors (Lipinski definition) is 0. The number of benzene rings is 2. The van der Waals surface area contributed by atoms with Crippen molar-refractivity contribution < 1.29 is 4.74 Å². The molecule has 0 atom stereocenters. The van der Waals surface area contributed by atoms with E-state index in [1.807, 2.05) is 19.1 Å². The molecule has 0 amide bonds. The van der Waals surface area contributed by atoms with Crippen LogP contribution in [0.25, 0.3) is 11.1 Å². The van der Waals surface area contributed by atoms with Crippen molar-refractivity contribution in [3.8, 4) is 16.9 Å². The summed E-state index contributed by atoms with van der Waals surface area (Å²) in [6.07, 6.45) is 0. The molecule has 0 bridgehead atoms. The van der Waals surface area contributed by atoms with Gasteiger partial charge in [0.05, 0.1) is 6.61 Å². The van der Waals surface area contributed by atoms with Crippen LogP contribution < -0.4 is 4.74 Å². The largest absolute Gasteiger partial charge is 0.494 e. The third kappa shape index (κ3) is 2.55. The van der Waals surface area contributed by atoms with Crippen molar-refractivity contribution >= 4 is 22.6 Å². The normalized spacial score (nSPS) is 10.1. The summed E-state index contributed by atoms with van der Waals surface area (Å²) in [7, 11) is 0. The Kier molecular flexibility index (Phi) is 3.83. The maximum atomic E-state index is 5.52. The van der Waals surface area contributed by atoms with E-state index in [9.17, 15) is 0 Å². The predicted molar refractivity (Wildman–Crippen MR) is 75.8 cm³/mol. The molecule has 2 heteroatoms. The van der Waals surface area contributed by atoms with Crippen LogP contribution in [0.2, 0.25) is 0 Å². The van der Waals surface area contributed by atoms with Gasteiger partial charge < -0.3 is 4.74 Å². The number of ether oxygens (including phenoxy) is 1. The number of rotatable bonds is 3. The highest BCUT2D eigenvalue weighted by atomic mass is 127. The summed E-state index contributed by atoms with van der Waals surface area (Å²) in [5, 5.41) is 0. The van der Waals surface area contributed by atoms with Gasteiger partial charge in [0.1, 0.15) is 5.75 Å². The van der Waals surface area contributed by atoms with Crippen molar-refractivity contribution in [1.82, 2.24) is 0 Å². The zero-order valence-electron chi connectivity index (χ0n) is 9.11. The molecular formula is C14H13IO. The molecule has 0 aliphatic carbocycles. The van der Waals surface area contributed by atoms with Gasteiger partial charge in [-0.1, -0.05) is 30.3 Å². The Hall–Kier alpha value is -1.03. The van der Waals surface area contributed by atoms with Gasteiger partial charge in [0.15, 0.2) is 0 Å². The molecule has 1 nitrogen and oxygen atoms in total. The van der Waals surface area contributed by atoms with Gasteiger partial charge in [0.25, 0.3) is 0 Å². The Morgan fingerprint density at radius 1 is 1.06 bits per heavy atom. The third-order valence-corrected chi connectivity index (χ3v) is 3.27. The molecule has 0 N–H and O–H groups in total. The highest BCUT2D eigenvalue weighted by molar-refractivity contribution is 14.1. The summed E-state index contributed by atoms with van der Waals surface area (Å²) in [6.45, 7) is 2.70. The van der Waals surface area contributed by atoms with E-state index in [0.717, 1.165) is 5.75 Å². The number of hydrogen-bond acceptors (Lipinski definition) is 1. The molecule has 2 aromatic carbocycles. The molecule has 0 saturated carbocycles. The van der Waals surface area contributed by atoms with Crippen LogP contribution in [0.4, 0.5) is 0 Å². The number of halogens is 1. The Labute approximate surface area is 110 Å². The zero-order chi connectivity index (χ0) is 11.4. The SMILES string of the molecule is CCOc1ccc(I)c(-c2ccccc2)c1. The molecule has 0 aliphatic rings. The lowest BCUT2D eigenvalue weighted by molar-refractivity contribution is 0.340. The van der Waals surface area contributed by atoms with Gasteiger partial charge in [-0.15, -0.1) is 0 Å². The summed E-state index contributed by atoms with van der Waals surface area (Å²) in [5.41, 5.74) is 2.46. The average molecular weight is 324 g/mol. The standard InChI is InChI=1S/C14H13IO/c1-2-16-12-8-9-14(15)13(10-12)11-6-4-3-5-7-11/h3-10H,2H2,1H3. The highest BCUT2D eigenvalue weighted by Gasteiger charge is 2.04. The maximum absolute atomic E-state index is 5.52. The van der Waals surface area contributed by atoms with Gasteiger partial charge in [0.2, 0.25) is 0 Å². The fourth-order valence-electron chi connectivity index (χ4n) is 1.60. The van der Waals surface area contributed by atoms with E-state index < -0.39 is 0 Å². The molecule has 0 aliphatic heterocycles. The van der Waals surface area contributed by atoms with Crippen molar-refractivity contribution in [3.63, 3.8) is 0 Å². The first-order valence-corrected chi connectivity index (χ1v) is 6.37. The van der Waals surface area contributed by atoms with Crippen LogP contribution in [-0.4, -0.2) is 6.61 Å². The van der Waals surface area contributed by atoms with E-state index in [1.165, 1.54) is 14.7 Å². The first kappa shape index (κ1) is 11.5. The van der Waals surface area contributed by atoms with E-state index in [4.69, 9.17) is 4.74 Å². The first-order chi connectivity index (χ1) is 7.81. The van der Waals surface area contributed by atoms with E-state index in [0.29, 0.717) is 6.61 Å². The van der Waals surface area contributed by atoms with Crippen molar-refractivity contribution in [2.45, 2.75) is 6.92 Å². The van der Waals surface area contributed by atoms with E-state index >= 15 is 0 Å². The smallest absolute Gasteiger partial charge is 0.119 e. The zero-order valence-corrected chi connectivity index (χ0v) is 11.3. The van der Waals surface area contributed by atoms with E-state index in [1.54, 1.807) is 0 Å². The monoisotopic (exact) mass is 324 g/mol. The van der Waals surface area contributed by atoms with Gasteiger partial charge in [0, 0.05) is 3.57 Å². The van der Waals surface area contributed by atoms with Crippen LogP contribution in [-0.2, 0) is 0 Å². The van der Waals surface area contributed by atoms with E-state index in [-0.39, 0.29) is 0 Å². The van der Waals surface area contributed by atoms with Crippen molar-refractivity contribution in [1.29, 1.82) is 0 Å². The average Bonchev–Trinajstić information content (AvgIpc) is 2.33. The van der Waals surface area contributed by atoms with Crippen LogP contribution in [0.15, 0.2) is 48.5 Å². The maximum Gasteiger partial charge on any atom is 0.119 e.